The molecular formula is C16H20N4O. The molecule has 1 aromatic carbocycles. The maximum atomic E-state index is 8.75. The molecule has 0 spiro atoms. The first-order chi connectivity index (χ1) is 10.1. The molecule has 3 N–H and O–H groups in total. The van der Waals surface area contributed by atoms with Gasteiger partial charge in [0.1, 0.15) is 0 Å². The van der Waals surface area contributed by atoms with Crippen molar-refractivity contribution < 1.29 is 5.21 Å². The molecule has 0 atom stereocenters. The smallest absolute Gasteiger partial charge is 0.170 e. The molecule has 0 amide bonds. The summed E-state index contributed by atoms with van der Waals surface area (Å²) in [6, 6.07) is 9.96. The van der Waals surface area contributed by atoms with E-state index in [1.807, 2.05) is 49.6 Å². The van der Waals surface area contributed by atoms with E-state index in [0.29, 0.717) is 0 Å². The van der Waals surface area contributed by atoms with Gasteiger partial charge >= 0.3 is 0 Å². The predicted molar refractivity (Wildman–Crippen MR) is 84.9 cm³/mol. The van der Waals surface area contributed by atoms with Crippen LogP contribution in [0.5, 0.6) is 0 Å². The van der Waals surface area contributed by atoms with Crippen LogP contribution in [-0.2, 0) is 6.42 Å². The van der Waals surface area contributed by atoms with Gasteiger partial charge in [-0.05, 0) is 54.8 Å². The molecule has 1 aromatic heterocycles. The van der Waals surface area contributed by atoms with Gasteiger partial charge in [0.05, 0.1) is 0 Å². The lowest BCUT2D eigenvalue weighted by molar-refractivity contribution is 0.318. The van der Waals surface area contributed by atoms with Crippen molar-refractivity contribution in [1.82, 2.24) is 4.98 Å². The van der Waals surface area contributed by atoms with Crippen molar-refractivity contribution in [3.05, 3.63) is 59.4 Å². The summed E-state index contributed by atoms with van der Waals surface area (Å²) in [4.78, 5) is 6.20. The van der Waals surface area contributed by atoms with Gasteiger partial charge < -0.3 is 15.8 Å². The minimum Gasteiger partial charge on any atom is -0.409 e. The summed E-state index contributed by atoms with van der Waals surface area (Å²) >= 11 is 0. The van der Waals surface area contributed by atoms with E-state index in [0.717, 1.165) is 29.8 Å². The number of hydrogen-bond donors (Lipinski definition) is 2. The molecule has 21 heavy (non-hydrogen) atoms. The molecule has 0 radical (unpaired) electrons. The number of amidine groups is 1. The second-order valence-corrected chi connectivity index (χ2v) is 5.01. The Morgan fingerprint density at radius 2 is 2.00 bits per heavy atom. The first kappa shape index (κ1) is 14.8. The molecule has 0 fully saturated rings. The Bertz CT molecular complexity index is 625. The van der Waals surface area contributed by atoms with E-state index in [9.17, 15) is 0 Å². The van der Waals surface area contributed by atoms with Gasteiger partial charge in [0.25, 0.3) is 0 Å². The van der Waals surface area contributed by atoms with Crippen molar-refractivity contribution in [3.63, 3.8) is 0 Å². The van der Waals surface area contributed by atoms with Crippen molar-refractivity contribution in [2.24, 2.45) is 10.9 Å². The molecule has 1 heterocycles. The summed E-state index contributed by atoms with van der Waals surface area (Å²) in [5, 5.41) is 11.8. The van der Waals surface area contributed by atoms with Crippen LogP contribution in [0, 0.1) is 6.92 Å². The number of nitrogens with zero attached hydrogens (tertiary/aromatic N) is 3. The number of benzene rings is 1. The van der Waals surface area contributed by atoms with Gasteiger partial charge in [0, 0.05) is 37.2 Å². The average molecular weight is 284 g/mol. The van der Waals surface area contributed by atoms with Crippen molar-refractivity contribution in [2.45, 2.75) is 13.3 Å². The first-order valence-corrected chi connectivity index (χ1v) is 6.80. The van der Waals surface area contributed by atoms with Gasteiger partial charge in [0.2, 0.25) is 0 Å². The number of rotatable bonds is 5. The summed E-state index contributed by atoms with van der Waals surface area (Å²) in [6.07, 6.45) is 4.58. The zero-order chi connectivity index (χ0) is 15.2. The van der Waals surface area contributed by atoms with Gasteiger partial charge in [-0.2, -0.15) is 0 Å². The third-order valence-electron chi connectivity index (χ3n) is 3.52. The van der Waals surface area contributed by atoms with Crippen LogP contribution in [0.25, 0.3) is 0 Å². The van der Waals surface area contributed by atoms with E-state index < -0.39 is 0 Å². The van der Waals surface area contributed by atoms with E-state index in [-0.39, 0.29) is 5.84 Å². The molecule has 0 saturated heterocycles. The minimum absolute atomic E-state index is 0.137. The van der Waals surface area contributed by atoms with Crippen LogP contribution < -0.4 is 10.6 Å². The monoisotopic (exact) mass is 284 g/mol. The number of likely N-dealkylation sites (N-methyl/N-ethyl adjacent to an activating group) is 1. The van der Waals surface area contributed by atoms with Crippen LogP contribution in [0.2, 0.25) is 0 Å². The van der Waals surface area contributed by atoms with Crippen LogP contribution in [0.3, 0.4) is 0 Å². The van der Waals surface area contributed by atoms with E-state index >= 15 is 0 Å². The molecule has 0 unspecified atom stereocenters. The van der Waals surface area contributed by atoms with Gasteiger partial charge in [-0.15, -0.1) is 0 Å². The van der Waals surface area contributed by atoms with Crippen LogP contribution in [0.4, 0.5) is 5.69 Å². The molecule has 110 valence electrons. The van der Waals surface area contributed by atoms with Crippen LogP contribution in [0.1, 0.15) is 16.7 Å². The molecule has 0 aliphatic rings. The number of oxime groups is 1. The van der Waals surface area contributed by atoms with E-state index in [1.54, 1.807) is 0 Å². The Labute approximate surface area is 124 Å². The van der Waals surface area contributed by atoms with Crippen molar-refractivity contribution in [3.8, 4) is 0 Å². The lowest BCUT2D eigenvalue weighted by atomic mass is 10.1. The highest BCUT2D eigenvalue weighted by Crippen LogP contribution is 2.18. The Balaban J connectivity index is 2.06. The van der Waals surface area contributed by atoms with Crippen molar-refractivity contribution in [1.29, 1.82) is 0 Å². The normalized spacial score (nSPS) is 11.4. The van der Waals surface area contributed by atoms with Crippen LogP contribution in [-0.4, -0.2) is 29.6 Å². The summed E-state index contributed by atoms with van der Waals surface area (Å²) in [7, 11) is 2.05. The number of aryl methyl sites for hydroxylation is 1. The standard InChI is InChI=1S/C16H20N4O/c1-12-11-14(3-4-15(12)16(17)19-21)20(2)10-7-13-5-8-18-9-6-13/h3-6,8-9,11,21H,7,10H2,1-2H3,(H2,17,19). The molecule has 5 nitrogen and oxygen atoms in total. The topological polar surface area (TPSA) is 74.7 Å². The lowest BCUT2D eigenvalue weighted by Crippen LogP contribution is -2.21. The average Bonchev–Trinajstić information content (AvgIpc) is 2.52. The SMILES string of the molecule is Cc1cc(N(C)CCc2ccncc2)ccc1/C(N)=N/O. The van der Waals surface area contributed by atoms with Crippen LogP contribution >= 0.6 is 0 Å². The maximum absolute atomic E-state index is 8.75. The quantitative estimate of drug-likeness (QED) is 0.382. The highest BCUT2D eigenvalue weighted by Gasteiger charge is 2.07. The zero-order valence-electron chi connectivity index (χ0n) is 12.3. The summed E-state index contributed by atoms with van der Waals surface area (Å²) in [5.41, 5.74) is 9.75. The van der Waals surface area contributed by atoms with Gasteiger partial charge in [-0.1, -0.05) is 5.16 Å². The number of hydrogen-bond acceptors (Lipinski definition) is 4. The largest absolute Gasteiger partial charge is 0.409 e. The number of pyridine rings is 1. The second-order valence-electron chi connectivity index (χ2n) is 5.01. The Morgan fingerprint density at radius 3 is 2.62 bits per heavy atom. The molecule has 5 heteroatoms. The number of nitrogens with two attached hydrogens (primary N) is 1. The highest BCUT2D eigenvalue weighted by molar-refractivity contribution is 5.98. The Morgan fingerprint density at radius 1 is 1.29 bits per heavy atom. The molecular weight excluding hydrogens is 264 g/mol. The summed E-state index contributed by atoms with van der Waals surface area (Å²) in [5.74, 6) is 0.137. The maximum Gasteiger partial charge on any atom is 0.170 e. The molecule has 0 saturated carbocycles. The second kappa shape index (κ2) is 6.74. The number of anilines is 1. The summed E-state index contributed by atoms with van der Waals surface area (Å²) in [6.45, 7) is 2.86. The molecule has 2 rings (SSSR count). The highest BCUT2D eigenvalue weighted by atomic mass is 16.4. The molecule has 0 aliphatic carbocycles. The minimum atomic E-state index is 0.137. The fourth-order valence-corrected chi connectivity index (χ4v) is 2.20. The van der Waals surface area contributed by atoms with Gasteiger partial charge in [-0.25, -0.2) is 0 Å². The van der Waals surface area contributed by atoms with E-state index in [1.165, 1.54) is 5.56 Å². The first-order valence-electron chi connectivity index (χ1n) is 6.80. The third-order valence-corrected chi connectivity index (χ3v) is 3.52. The van der Waals surface area contributed by atoms with Crippen LogP contribution in [0.15, 0.2) is 47.9 Å². The zero-order valence-corrected chi connectivity index (χ0v) is 12.3. The number of aromatic nitrogens is 1. The summed E-state index contributed by atoms with van der Waals surface area (Å²) < 4.78 is 0. The van der Waals surface area contributed by atoms with Crippen molar-refractivity contribution >= 4 is 11.5 Å². The Kier molecular flexibility index (Phi) is 4.77. The Hall–Kier alpha value is -2.56. The van der Waals surface area contributed by atoms with E-state index in [2.05, 4.69) is 22.1 Å². The lowest BCUT2D eigenvalue weighted by Gasteiger charge is -2.20. The molecule has 0 aliphatic heterocycles. The van der Waals surface area contributed by atoms with Gasteiger partial charge in [-0.3, -0.25) is 4.98 Å². The van der Waals surface area contributed by atoms with Gasteiger partial charge in [0.15, 0.2) is 5.84 Å². The fraction of sp³-hybridized carbons (Fsp3) is 0.250. The van der Waals surface area contributed by atoms with Crippen molar-refractivity contribution in [2.75, 3.05) is 18.5 Å². The molecule has 2 aromatic rings. The fourth-order valence-electron chi connectivity index (χ4n) is 2.20. The third kappa shape index (κ3) is 3.72. The van der Waals surface area contributed by atoms with E-state index in [4.69, 9.17) is 10.9 Å². The predicted octanol–water partition coefficient (Wildman–Crippen LogP) is 2.16. The molecule has 0 bridgehead atoms.